The number of nitrogens with one attached hydrogen (secondary N) is 1. The van der Waals surface area contributed by atoms with Crippen LogP contribution < -0.4 is 19.6 Å². The predicted molar refractivity (Wildman–Crippen MR) is 142 cm³/mol. The highest BCUT2D eigenvalue weighted by molar-refractivity contribution is 9.10. The van der Waals surface area contributed by atoms with Crippen LogP contribution in [0.25, 0.3) is 0 Å². The second-order valence-corrected chi connectivity index (χ2v) is 9.28. The average molecular weight is 604 g/mol. The van der Waals surface area contributed by atoms with Crippen LogP contribution in [0.4, 0.5) is 0 Å². The van der Waals surface area contributed by atoms with Gasteiger partial charge in [0.25, 0.3) is 5.91 Å². The Morgan fingerprint density at radius 1 is 0.971 bits per heavy atom. The molecular weight excluding hydrogens is 580 g/mol. The van der Waals surface area contributed by atoms with Crippen molar-refractivity contribution in [3.05, 3.63) is 85.8 Å². The Kier molecular flexibility index (Phi) is 9.45. The second-order valence-electron chi connectivity index (χ2n) is 7.51. The molecule has 35 heavy (non-hydrogen) atoms. The van der Waals surface area contributed by atoms with Gasteiger partial charge in [-0.1, -0.05) is 22.0 Å². The third-order valence-electron chi connectivity index (χ3n) is 4.67. The number of nitrogens with zero attached hydrogens (tertiary/aromatic N) is 1. The highest BCUT2D eigenvalue weighted by Gasteiger charge is 2.13. The highest BCUT2D eigenvalue weighted by Crippen LogP contribution is 2.30. The largest absolute Gasteiger partial charge is 0.490 e. The summed E-state index contributed by atoms with van der Waals surface area (Å²) in [5.41, 5.74) is 5.52. The number of amides is 1. The number of hydrazone groups is 1. The maximum Gasteiger partial charge on any atom is 0.343 e. The molecule has 0 radical (unpaired) electrons. The molecule has 0 aliphatic rings. The smallest absolute Gasteiger partial charge is 0.343 e. The summed E-state index contributed by atoms with van der Waals surface area (Å²) in [6.45, 7) is 5.92. The van der Waals surface area contributed by atoms with Gasteiger partial charge in [-0.3, -0.25) is 4.79 Å². The van der Waals surface area contributed by atoms with Gasteiger partial charge in [0.1, 0.15) is 5.75 Å². The second kappa shape index (κ2) is 12.5. The van der Waals surface area contributed by atoms with Crippen LogP contribution >= 0.6 is 31.9 Å². The molecule has 0 fully saturated rings. The average Bonchev–Trinajstić information content (AvgIpc) is 2.80. The van der Waals surface area contributed by atoms with E-state index in [1.165, 1.54) is 6.21 Å². The third-order valence-corrected chi connectivity index (χ3v) is 5.79. The van der Waals surface area contributed by atoms with Crippen molar-refractivity contribution in [2.24, 2.45) is 5.10 Å². The summed E-state index contributed by atoms with van der Waals surface area (Å²) in [6.07, 6.45) is 1.47. The minimum absolute atomic E-state index is 0.186. The predicted octanol–water partition coefficient (Wildman–Crippen LogP) is 5.98. The van der Waals surface area contributed by atoms with Gasteiger partial charge in [-0.2, -0.15) is 5.10 Å². The van der Waals surface area contributed by atoms with Crippen LogP contribution in [-0.2, 0) is 4.79 Å². The molecule has 0 saturated heterocycles. The van der Waals surface area contributed by atoms with Crippen molar-refractivity contribution in [3.8, 4) is 17.2 Å². The Morgan fingerprint density at radius 2 is 1.71 bits per heavy atom. The van der Waals surface area contributed by atoms with E-state index < -0.39 is 11.9 Å². The lowest BCUT2D eigenvalue weighted by Gasteiger charge is -2.12. The SMILES string of the molecule is CCOc1cc(C=NNC(=O)COc2c(C)cc(C)cc2Br)ccc1OC(=O)c1ccc(Br)cc1. The zero-order chi connectivity index (χ0) is 25.4. The van der Waals surface area contributed by atoms with Crippen LogP contribution in [-0.4, -0.2) is 31.3 Å². The lowest BCUT2D eigenvalue weighted by atomic mass is 10.1. The first-order valence-corrected chi connectivity index (χ1v) is 12.3. The van der Waals surface area contributed by atoms with Crippen molar-refractivity contribution in [2.75, 3.05) is 13.2 Å². The molecule has 182 valence electrons. The number of hydrogen-bond donors (Lipinski definition) is 1. The van der Waals surface area contributed by atoms with E-state index in [-0.39, 0.29) is 12.4 Å². The fraction of sp³-hybridized carbons (Fsp3) is 0.192. The van der Waals surface area contributed by atoms with Crippen LogP contribution in [0, 0.1) is 13.8 Å². The number of halogens is 2. The molecule has 1 N–H and O–H groups in total. The minimum Gasteiger partial charge on any atom is -0.490 e. The molecule has 7 nitrogen and oxygen atoms in total. The molecule has 0 aliphatic heterocycles. The van der Waals surface area contributed by atoms with Crippen molar-refractivity contribution < 1.29 is 23.8 Å². The summed E-state index contributed by atoms with van der Waals surface area (Å²) >= 11 is 6.79. The van der Waals surface area contributed by atoms with Gasteiger partial charge in [0.05, 0.1) is 22.9 Å². The lowest BCUT2D eigenvalue weighted by Crippen LogP contribution is -2.24. The summed E-state index contributed by atoms with van der Waals surface area (Å²) < 4.78 is 18.4. The number of esters is 1. The quantitative estimate of drug-likeness (QED) is 0.141. The topological polar surface area (TPSA) is 86.2 Å². The first kappa shape index (κ1) is 26.4. The van der Waals surface area contributed by atoms with Crippen LogP contribution in [0.5, 0.6) is 17.2 Å². The molecule has 0 bridgehead atoms. The molecule has 3 aromatic carbocycles. The minimum atomic E-state index is -0.498. The fourth-order valence-electron chi connectivity index (χ4n) is 3.14. The molecule has 0 aromatic heterocycles. The van der Waals surface area contributed by atoms with Gasteiger partial charge in [0, 0.05) is 4.47 Å². The molecule has 0 spiro atoms. The number of rotatable bonds is 9. The van der Waals surface area contributed by atoms with Crippen LogP contribution in [0.1, 0.15) is 34.0 Å². The van der Waals surface area contributed by atoms with Gasteiger partial charge in [0.15, 0.2) is 18.1 Å². The molecule has 1 amide bonds. The molecular formula is C26H24Br2N2O5. The normalized spacial score (nSPS) is 10.8. The molecule has 0 saturated carbocycles. The molecule has 0 aliphatic carbocycles. The summed E-state index contributed by atoms with van der Waals surface area (Å²) in [4.78, 5) is 24.6. The molecule has 3 rings (SSSR count). The number of carbonyl (C=O) groups is 2. The van der Waals surface area contributed by atoms with E-state index in [4.69, 9.17) is 14.2 Å². The van der Waals surface area contributed by atoms with Gasteiger partial charge in [-0.15, -0.1) is 0 Å². The standard InChI is InChI=1S/C26H24Br2N2O5/c1-4-33-23-13-18(5-10-22(23)35-26(32)19-6-8-20(27)9-7-19)14-29-30-24(31)15-34-25-17(3)11-16(2)12-21(25)28/h5-14H,4,15H2,1-3H3,(H,30,31). The zero-order valence-corrected chi connectivity index (χ0v) is 22.6. The Bertz CT molecular complexity index is 1220. The van der Waals surface area contributed by atoms with E-state index in [1.807, 2.05) is 32.9 Å². The Labute approximate surface area is 220 Å². The third kappa shape index (κ3) is 7.66. The molecule has 0 unspecified atom stereocenters. The van der Waals surface area contributed by atoms with Crippen molar-refractivity contribution in [3.63, 3.8) is 0 Å². The van der Waals surface area contributed by atoms with E-state index in [9.17, 15) is 9.59 Å². The maximum atomic E-state index is 12.5. The number of ether oxygens (including phenoxy) is 3. The highest BCUT2D eigenvalue weighted by atomic mass is 79.9. The monoisotopic (exact) mass is 602 g/mol. The van der Waals surface area contributed by atoms with Gasteiger partial charge in [0.2, 0.25) is 0 Å². The van der Waals surface area contributed by atoms with E-state index in [0.29, 0.717) is 29.2 Å². The molecule has 3 aromatic rings. The van der Waals surface area contributed by atoms with Crippen LogP contribution in [0.2, 0.25) is 0 Å². The first-order chi connectivity index (χ1) is 16.8. The van der Waals surface area contributed by atoms with Gasteiger partial charge in [-0.05, 0) is 102 Å². The number of hydrogen-bond acceptors (Lipinski definition) is 6. The Hall–Kier alpha value is -3.17. The number of aryl methyl sites for hydroxylation is 2. The Balaban J connectivity index is 1.61. The zero-order valence-electron chi connectivity index (χ0n) is 19.4. The summed E-state index contributed by atoms with van der Waals surface area (Å²) in [6, 6.07) is 15.8. The van der Waals surface area contributed by atoms with Crippen molar-refractivity contribution in [2.45, 2.75) is 20.8 Å². The maximum absolute atomic E-state index is 12.5. The first-order valence-electron chi connectivity index (χ1n) is 10.7. The van der Waals surface area contributed by atoms with Crippen LogP contribution in [0.15, 0.2) is 68.6 Å². The summed E-state index contributed by atoms with van der Waals surface area (Å²) in [5, 5.41) is 3.98. The lowest BCUT2D eigenvalue weighted by molar-refractivity contribution is -0.123. The molecule has 0 atom stereocenters. The summed E-state index contributed by atoms with van der Waals surface area (Å²) in [5.74, 6) is 0.384. The summed E-state index contributed by atoms with van der Waals surface area (Å²) in [7, 11) is 0. The van der Waals surface area contributed by atoms with Gasteiger partial charge >= 0.3 is 5.97 Å². The van der Waals surface area contributed by atoms with E-state index in [0.717, 1.165) is 20.1 Å². The van der Waals surface area contributed by atoms with Crippen LogP contribution in [0.3, 0.4) is 0 Å². The number of benzene rings is 3. The number of carbonyl (C=O) groups excluding carboxylic acids is 2. The molecule has 0 heterocycles. The Morgan fingerprint density at radius 3 is 2.40 bits per heavy atom. The van der Waals surface area contributed by atoms with E-state index in [1.54, 1.807) is 42.5 Å². The van der Waals surface area contributed by atoms with Crippen molar-refractivity contribution in [1.82, 2.24) is 5.43 Å². The van der Waals surface area contributed by atoms with Gasteiger partial charge < -0.3 is 14.2 Å². The van der Waals surface area contributed by atoms with E-state index >= 15 is 0 Å². The van der Waals surface area contributed by atoms with Gasteiger partial charge in [-0.25, -0.2) is 10.2 Å². The van der Waals surface area contributed by atoms with Crippen molar-refractivity contribution >= 4 is 50.0 Å². The molecule has 9 heteroatoms. The van der Waals surface area contributed by atoms with Crippen molar-refractivity contribution in [1.29, 1.82) is 0 Å². The van der Waals surface area contributed by atoms with E-state index in [2.05, 4.69) is 42.4 Å². The fourth-order valence-corrected chi connectivity index (χ4v) is 4.19.